The van der Waals surface area contributed by atoms with Crippen molar-refractivity contribution < 1.29 is 14.3 Å². The van der Waals surface area contributed by atoms with Crippen molar-refractivity contribution in [2.24, 2.45) is 5.73 Å². The van der Waals surface area contributed by atoms with E-state index in [0.717, 1.165) is 43.5 Å². The fourth-order valence-corrected chi connectivity index (χ4v) is 3.55. The summed E-state index contributed by atoms with van der Waals surface area (Å²) < 4.78 is 6.12. The largest absolute Gasteiger partial charge is 0.479 e. The van der Waals surface area contributed by atoms with E-state index in [4.69, 9.17) is 10.5 Å². The maximum atomic E-state index is 12.7. The van der Waals surface area contributed by atoms with E-state index < -0.39 is 0 Å². The Bertz CT molecular complexity index is 853. The highest BCUT2D eigenvalue weighted by Gasteiger charge is 2.20. The zero-order valence-electron chi connectivity index (χ0n) is 15.5. The summed E-state index contributed by atoms with van der Waals surface area (Å²) in [4.78, 5) is 30.1. The predicted octanol–water partition coefficient (Wildman–Crippen LogP) is 3.49. The number of rotatable bonds is 7. The summed E-state index contributed by atoms with van der Waals surface area (Å²) in [5.74, 6) is 0.998. The molecule has 3 N–H and O–H groups in total. The third kappa shape index (κ3) is 4.79. The minimum atomic E-state index is -0.0159. The lowest BCUT2D eigenvalue weighted by atomic mass is 10.1. The van der Waals surface area contributed by atoms with Gasteiger partial charge in [0.25, 0.3) is 5.91 Å². The minimum Gasteiger partial charge on any atom is -0.479 e. The van der Waals surface area contributed by atoms with E-state index >= 15 is 0 Å². The van der Waals surface area contributed by atoms with Gasteiger partial charge >= 0.3 is 0 Å². The highest BCUT2D eigenvalue weighted by Crippen LogP contribution is 2.28. The molecular formula is C20H23IN4O3. The predicted molar refractivity (Wildman–Crippen MR) is 117 cm³/mol. The molecule has 1 aromatic carbocycles. The van der Waals surface area contributed by atoms with Crippen LogP contribution in [-0.4, -0.2) is 39.8 Å². The first kappa shape index (κ1) is 20.5. The molecule has 2 heterocycles. The van der Waals surface area contributed by atoms with Crippen LogP contribution in [0.2, 0.25) is 0 Å². The minimum absolute atomic E-state index is 0.0159. The number of hydrogen-bond acceptors (Lipinski definition) is 6. The van der Waals surface area contributed by atoms with Gasteiger partial charge in [0, 0.05) is 37.1 Å². The van der Waals surface area contributed by atoms with E-state index in [0.29, 0.717) is 27.3 Å². The molecule has 1 aromatic heterocycles. The van der Waals surface area contributed by atoms with Crippen LogP contribution in [0.1, 0.15) is 45.5 Å². The van der Waals surface area contributed by atoms with E-state index in [1.165, 1.54) is 6.42 Å². The second kappa shape index (κ2) is 9.83. The molecule has 0 aliphatic carbocycles. The van der Waals surface area contributed by atoms with Crippen molar-refractivity contribution >= 4 is 46.3 Å². The number of carbonyl (C=O) groups excluding carboxylic acids is 2. The van der Waals surface area contributed by atoms with Crippen molar-refractivity contribution in [1.29, 1.82) is 0 Å². The molecule has 0 atom stereocenters. The smallest absolute Gasteiger partial charge is 0.255 e. The van der Waals surface area contributed by atoms with E-state index in [1.807, 2.05) is 11.0 Å². The Morgan fingerprint density at radius 2 is 2.07 bits per heavy atom. The second-order valence-electron chi connectivity index (χ2n) is 6.54. The summed E-state index contributed by atoms with van der Waals surface area (Å²) in [6.45, 7) is 1.83. The van der Waals surface area contributed by atoms with Gasteiger partial charge in [-0.15, -0.1) is 0 Å². The third-order valence-electron chi connectivity index (χ3n) is 4.71. The molecule has 1 aliphatic heterocycles. The number of aldehydes is 1. The molecule has 1 fully saturated rings. The Hall–Kier alpha value is -2.20. The molecule has 0 radical (unpaired) electrons. The lowest BCUT2D eigenvalue weighted by molar-refractivity contribution is 0.0723. The topological polar surface area (TPSA) is 97.5 Å². The maximum absolute atomic E-state index is 12.7. The molecular weight excluding hydrogens is 471 g/mol. The number of aromatic nitrogens is 1. The molecule has 0 unspecified atom stereocenters. The fraction of sp³-hybridized carbons (Fsp3) is 0.350. The number of nitrogens with one attached hydrogen (secondary N) is 1. The highest BCUT2D eigenvalue weighted by atomic mass is 127. The Balaban J connectivity index is 1.84. The van der Waals surface area contributed by atoms with Gasteiger partial charge in [0.15, 0.2) is 11.6 Å². The number of alkyl halides is 1. The van der Waals surface area contributed by atoms with Crippen molar-refractivity contribution in [3.05, 3.63) is 47.2 Å². The molecule has 2 aromatic rings. The monoisotopic (exact) mass is 494 g/mol. The van der Waals surface area contributed by atoms with Gasteiger partial charge in [-0.3, -0.25) is 9.59 Å². The van der Waals surface area contributed by atoms with Gasteiger partial charge in [0.2, 0.25) is 0 Å². The Morgan fingerprint density at radius 3 is 2.75 bits per heavy atom. The number of pyridine rings is 1. The lowest BCUT2D eigenvalue weighted by Gasteiger charge is -2.26. The molecule has 7 nitrogen and oxygen atoms in total. The second-order valence-corrected chi connectivity index (χ2v) is 7.16. The van der Waals surface area contributed by atoms with Crippen LogP contribution in [0.25, 0.3) is 0 Å². The van der Waals surface area contributed by atoms with E-state index in [-0.39, 0.29) is 12.5 Å². The summed E-state index contributed by atoms with van der Waals surface area (Å²) in [6.07, 6.45) is 5.60. The molecule has 8 heteroatoms. The molecule has 1 saturated heterocycles. The third-order valence-corrected chi connectivity index (χ3v) is 5.02. The molecule has 1 amide bonds. The Labute approximate surface area is 177 Å². The van der Waals surface area contributed by atoms with Crippen LogP contribution in [0.5, 0.6) is 5.75 Å². The molecule has 0 saturated carbocycles. The Kier molecular flexibility index (Phi) is 7.21. The first-order valence-corrected chi connectivity index (χ1v) is 10.7. The molecule has 3 rings (SSSR count). The van der Waals surface area contributed by atoms with Crippen LogP contribution >= 0.6 is 22.6 Å². The number of anilines is 2. The van der Waals surface area contributed by atoms with Gasteiger partial charge < -0.3 is 20.7 Å². The summed E-state index contributed by atoms with van der Waals surface area (Å²) in [6, 6.07) is 7.04. The van der Waals surface area contributed by atoms with Crippen molar-refractivity contribution in [2.45, 2.75) is 25.8 Å². The molecule has 0 bridgehead atoms. The van der Waals surface area contributed by atoms with Crippen molar-refractivity contribution in [2.75, 3.05) is 23.0 Å². The quantitative estimate of drug-likeness (QED) is 0.348. The van der Waals surface area contributed by atoms with Gasteiger partial charge in [-0.25, -0.2) is 4.98 Å². The summed E-state index contributed by atoms with van der Waals surface area (Å²) in [7, 11) is 0. The average molecular weight is 494 g/mol. The van der Waals surface area contributed by atoms with Gasteiger partial charge in [-0.1, -0.05) is 0 Å². The van der Waals surface area contributed by atoms with Crippen LogP contribution in [0.15, 0.2) is 30.5 Å². The van der Waals surface area contributed by atoms with E-state index in [1.54, 1.807) is 24.4 Å². The average Bonchev–Trinajstić information content (AvgIpc) is 2.75. The summed E-state index contributed by atoms with van der Waals surface area (Å²) >= 11 is 2.10. The highest BCUT2D eigenvalue weighted by molar-refractivity contribution is 14.1. The van der Waals surface area contributed by atoms with Crippen LogP contribution < -0.4 is 15.8 Å². The molecule has 1 aliphatic rings. The first-order chi connectivity index (χ1) is 13.7. The number of ether oxygens (including phenoxy) is 1. The fourth-order valence-electron chi connectivity index (χ4n) is 3.22. The van der Waals surface area contributed by atoms with Gasteiger partial charge in [0.1, 0.15) is 10.9 Å². The molecule has 148 valence electrons. The normalized spacial score (nSPS) is 13.9. The zero-order chi connectivity index (χ0) is 19.9. The maximum Gasteiger partial charge on any atom is 0.255 e. The Morgan fingerprint density at radius 1 is 1.29 bits per heavy atom. The standard InChI is InChI=1S/C20H23IN4O3/c21-13-28-18-9-16(20(27)25-6-2-1-3-7-25)11-23-19(18)24-17-5-4-14(12-26)15(8-17)10-22/h4-5,8-9,11-12H,1-3,6-7,10,13,22H2,(H,23,24). The summed E-state index contributed by atoms with van der Waals surface area (Å²) in [5, 5.41) is 3.19. The summed E-state index contributed by atoms with van der Waals surface area (Å²) in [5.41, 5.74) is 8.29. The number of amides is 1. The van der Waals surface area contributed by atoms with Crippen LogP contribution in [0.3, 0.4) is 0 Å². The number of piperidine rings is 1. The van der Waals surface area contributed by atoms with E-state index in [9.17, 15) is 9.59 Å². The molecule has 28 heavy (non-hydrogen) atoms. The van der Waals surface area contributed by atoms with Crippen molar-refractivity contribution in [3.8, 4) is 5.75 Å². The van der Waals surface area contributed by atoms with Crippen LogP contribution in [0, 0.1) is 0 Å². The number of halogens is 1. The van der Waals surface area contributed by atoms with E-state index in [2.05, 4.69) is 32.9 Å². The number of nitrogens with zero attached hydrogens (tertiary/aromatic N) is 2. The van der Waals surface area contributed by atoms with Gasteiger partial charge in [-0.2, -0.15) is 0 Å². The number of hydrogen-bond donors (Lipinski definition) is 2. The first-order valence-electron chi connectivity index (χ1n) is 9.19. The van der Waals surface area contributed by atoms with Gasteiger partial charge in [0.05, 0.1) is 5.56 Å². The van der Waals surface area contributed by atoms with Crippen molar-refractivity contribution in [1.82, 2.24) is 9.88 Å². The van der Waals surface area contributed by atoms with Gasteiger partial charge in [-0.05, 0) is 71.7 Å². The number of nitrogens with two attached hydrogens (primary N) is 1. The number of likely N-dealkylation sites (tertiary alicyclic amines) is 1. The van der Waals surface area contributed by atoms with Crippen molar-refractivity contribution in [3.63, 3.8) is 0 Å². The lowest BCUT2D eigenvalue weighted by Crippen LogP contribution is -2.35. The van der Waals surface area contributed by atoms with Crippen LogP contribution in [0.4, 0.5) is 11.5 Å². The molecule has 0 spiro atoms. The SMILES string of the molecule is NCc1cc(Nc2ncc(C(=O)N3CCCCC3)cc2OCI)ccc1C=O. The zero-order valence-corrected chi connectivity index (χ0v) is 17.6. The number of carbonyl (C=O) groups is 2. The van der Waals surface area contributed by atoms with Crippen LogP contribution in [-0.2, 0) is 6.54 Å². The number of benzene rings is 1.